The molecule has 0 atom stereocenters. The first-order valence-corrected chi connectivity index (χ1v) is 8.68. The summed E-state index contributed by atoms with van der Waals surface area (Å²) in [6, 6.07) is 18.0. The molecule has 0 aliphatic rings. The summed E-state index contributed by atoms with van der Waals surface area (Å²) >= 11 is 0. The van der Waals surface area contributed by atoms with Gasteiger partial charge < -0.3 is 10.6 Å². The maximum Gasteiger partial charge on any atom is 0.276 e. The molecule has 0 aliphatic heterocycles. The van der Waals surface area contributed by atoms with Crippen molar-refractivity contribution in [1.82, 2.24) is 10.2 Å². The summed E-state index contributed by atoms with van der Waals surface area (Å²) in [4.78, 5) is 23.7. The standard InChI is InChI=1S/C21H20N4O2/c1-3-15-6-4-5-7-18(15)23-21(27)19-12-13-20(25-24-19)22-17-10-8-16(9-11-17)14(2)26/h4-13H,3H2,1-2H3,(H,22,25)(H,23,27). The highest BCUT2D eigenvalue weighted by Crippen LogP contribution is 2.17. The van der Waals surface area contributed by atoms with Gasteiger partial charge in [0.1, 0.15) is 0 Å². The van der Waals surface area contributed by atoms with Gasteiger partial charge in [-0.05, 0) is 61.4 Å². The molecule has 0 spiro atoms. The van der Waals surface area contributed by atoms with E-state index in [0.717, 1.165) is 23.4 Å². The number of para-hydroxylation sites is 1. The number of rotatable bonds is 6. The average Bonchev–Trinajstić information content (AvgIpc) is 2.69. The molecule has 0 radical (unpaired) electrons. The second-order valence-electron chi connectivity index (χ2n) is 6.03. The summed E-state index contributed by atoms with van der Waals surface area (Å²) in [6.07, 6.45) is 0.827. The number of Topliss-reactive ketones (excluding diaryl/α,β-unsaturated/α-hetero) is 1. The number of carbonyl (C=O) groups is 2. The van der Waals surface area contributed by atoms with Crippen molar-refractivity contribution in [2.24, 2.45) is 0 Å². The largest absolute Gasteiger partial charge is 0.339 e. The van der Waals surface area contributed by atoms with Gasteiger partial charge in [0, 0.05) is 16.9 Å². The Labute approximate surface area is 157 Å². The van der Waals surface area contributed by atoms with Crippen molar-refractivity contribution in [2.45, 2.75) is 20.3 Å². The molecule has 0 unspecified atom stereocenters. The van der Waals surface area contributed by atoms with E-state index in [0.29, 0.717) is 11.4 Å². The molecule has 0 saturated heterocycles. The number of hydrogen-bond acceptors (Lipinski definition) is 5. The Morgan fingerprint density at radius 3 is 2.30 bits per heavy atom. The Morgan fingerprint density at radius 2 is 1.67 bits per heavy atom. The second-order valence-corrected chi connectivity index (χ2v) is 6.03. The molecule has 2 N–H and O–H groups in total. The monoisotopic (exact) mass is 360 g/mol. The Morgan fingerprint density at radius 1 is 0.926 bits per heavy atom. The molecule has 6 heteroatoms. The lowest BCUT2D eigenvalue weighted by Gasteiger charge is -2.09. The van der Waals surface area contributed by atoms with Gasteiger partial charge in [-0.1, -0.05) is 25.1 Å². The van der Waals surface area contributed by atoms with E-state index in [4.69, 9.17) is 0 Å². The summed E-state index contributed by atoms with van der Waals surface area (Å²) in [7, 11) is 0. The molecular formula is C21H20N4O2. The summed E-state index contributed by atoms with van der Waals surface area (Å²) < 4.78 is 0. The molecule has 27 heavy (non-hydrogen) atoms. The zero-order valence-electron chi connectivity index (χ0n) is 15.2. The third-order valence-corrected chi connectivity index (χ3v) is 4.11. The van der Waals surface area contributed by atoms with Crippen LogP contribution < -0.4 is 10.6 Å². The number of anilines is 3. The highest BCUT2D eigenvalue weighted by molar-refractivity contribution is 6.03. The predicted molar refractivity (Wildman–Crippen MR) is 106 cm³/mol. The van der Waals surface area contributed by atoms with Crippen molar-refractivity contribution < 1.29 is 9.59 Å². The van der Waals surface area contributed by atoms with Crippen molar-refractivity contribution in [3.63, 3.8) is 0 Å². The Balaban J connectivity index is 1.67. The van der Waals surface area contributed by atoms with Crippen molar-refractivity contribution >= 4 is 28.9 Å². The molecule has 0 saturated carbocycles. The highest BCUT2D eigenvalue weighted by Gasteiger charge is 2.10. The van der Waals surface area contributed by atoms with Gasteiger partial charge in [0.25, 0.3) is 5.91 Å². The van der Waals surface area contributed by atoms with E-state index < -0.39 is 0 Å². The lowest BCUT2D eigenvalue weighted by Crippen LogP contribution is -2.15. The first kappa shape index (κ1) is 18.3. The molecular weight excluding hydrogens is 340 g/mol. The van der Waals surface area contributed by atoms with Crippen LogP contribution in [-0.2, 0) is 6.42 Å². The van der Waals surface area contributed by atoms with Gasteiger partial charge in [-0.25, -0.2) is 0 Å². The molecule has 1 amide bonds. The quantitative estimate of drug-likeness (QED) is 0.643. The van der Waals surface area contributed by atoms with E-state index >= 15 is 0 Å². The summed E-state index contributed by atoms with van der Waals surface area (Å²) in [6.45, 7) is 3.56. The summed E-state index contributed by atoms with van der Waals surface area (Å²) in [5.74, 6) is 0.221. The van der Waals surface area contributed by atoms with Crippen LogP contribution in [0.2, 0.25) is 0 Å². The van der Waals surface area contributed by atoms with Gasteiger partial charge in [0.05, 0.1) is 0 Å². The fourth-order valence-electron chi connectivity index (χ4n) is 2.59. The van der Waals surface area contributed by atoms with Crippen LogP contribution >= 0.6 is 0 Å². The smallest absolute Gasteiger partial charge is 0.276 e. The lowest BCUT2D eigenvalue weighted by atomic mass is 10.1. The van der Waals surface area contributed by atoms with Gasteiger partial charge in [0.2, 0.25) is 0 Å². The van der Waals surface area contributed by atoms with Crippen LogP contribution in [0.3, 0.4) is 0 Å². The molecule has 0 bridgehead atoms. The van der Waals surface area contributed by atoms with E-state index in [-0.39, 0.29) is 17.4 Å². The molecule has 3 aromatic rings. The fourth-order valence-corrected chi connectivity index (χ4v) is 2.59. The second kappa shape index (κ2) is 8.23. The van der Waals surface area contributed by atoms with Gasteiger partial charge in [-0.2, -0.15) is 0 Å². The average molecular weight is 360 g/mol. The van der Waals surface area contributed by atoms with Crippen molar-refractivity contribution in [3.8, 4) is 0 Å². The molecule has 6 nitrogen and oxygen atoms in total. The molecule has 0 fully saturated rings. The van der Waals surface area contributed by atoms with Crippen LogP contribution in [0.5, 0.6) is 0 Å². The van der Waals surface area contributed by atoms with Crippen LogP contribution in [0, 0.1) is 0 Å². The maximum atomic E-state index is 12.4. The van der Waals surface area contributed by atoms with E-state index in [9.17, 15) is 9.59 Å². The van der Waals surface area contributed by atoms with E-state index in [2.05, 4.69) is 20.8 Å². The van der Waals surface area contributed by atoms with Gasteiger partial charge in [0.15, 0.2) is 17.3 Å². The summed E-state index contributed by atoms with van der Waals surface area (Å²) in [5.41, 5.74) is 3.50. The van der Waals surface area contributed by atoms with Gasteiger partial charge in [-0.3, -0.25) is 9.59 Å². The van der Waals surface area contributed by atoms with Crippen LogP contribution in [-0.4, -0.2) is 21.9 Å². The van der Waals surface area contributed by atoms with Gasteiger partial charge in [-0.15, -0.1) is 10.2 Å². The lowest BCUT2D eigenvalue weighted by molar-refractivity contribution is 0.101. The van der Waals surface area contributed by atoms with Gasteiger partial charge >= 0.3 is 0 Å². The number of nitrogens with one attached hydrogen (secondary N) is 2. The van der Waals surface area contributed by atoms with Crippen LogP contribution in [0.4, 0.5) is 17.2 Å². The van der Waals surface area contributed by atoms with E-state index in [1.54, 1.807) is 36.4 Å². The van der Waals surface area contributed by atoms with Crippen molar-refractivity contribution in [2.75, 3.05) is 10.6 Å². The van der Waals surface area contributed by atoms with Crippen LogP contribution in [0.25, 0.3) is 0 Å². The van der Waals surface area contributed by atoms with Crippen molar-refractivity contribution in [3.05, 3.63) is 77.5 Å². The van der Waals surface area contributed by atoms with Crippen LogP contribution in [0.1, 0.15) is 40.3 Å². The Bertz CT molecular complexity index is 951. The number of hydrogen-bond donors (Lipinski definition) is 2. The SMILES string of the molecule is CCc1ccccc1NC(=O)c1ccc(Nc2ccc(C(C)=O)cc2)nn1. The minimum absolute atomic E-state index is 0.0151. The predicted octanol–water partition coefficient (Wildman–Crippen LogP) is 4.24. The normalized spacial score (nSPS) is 10.3. The molecule has 1 aromatic heterocycles. The van der Waals surface area contributed by atoms with Crippen molar-refractivity contribution in [1.29, 1.82) is 0 Å². The number of aryl methyl sites for hydroxylation is 1. The third-order valence-electron chi connectivity index (χ3n) is 4.11. The number of amides is 1. The van der Waals surface area contributed by atoms with E-state index in [1.807, 2.05) is 31.2 Å². The molecule has 136 valence electrons. The van der Waals surface area contributed by atoms with E-state index in [1.165, 1.54) is 6.92 Å². The fraction of sp³-hybridized carbons (Fsp3) is 0.143. The zero-order valence-corrected chi connectivity index (χ0v) is 15.2. The topological polar surface area (TPSA) is 84.0 Å². The molecule has 1 heterocycles. The Kier molecular flexibility index (Phi) is 5.56. The minimum Gasteiger partial charge on any atom is -0.339 e. The third kappa shape index (κ3) is 4.55. The summed E-state index contributed by atoms with van der Waals surface area (Å²) in [5, 5.41) is 14.0. The number of nitrogens with zero attached hydrogens (tertiary/aromatic N) is 2. The molecule has 2 aromatic carbocycles. The number of benzene rings is 2. The maximum absolute atomic E-state index is 12.4. The van der Waals surface area contributed by atoms with Crippen LogP contribution in [0.15, 0.2) is 60.7 Å². The number of ketones is 1. The molecule has 0 aliphatic carbocycles. The number of aromatic nitrogens is 2. The zero-order chi connectivity index (χ0) is 19.2. The molecule has 3 rings (SSSR count). The highest BCUT2D eigenvalue weighted by atomic mass is 16.2. The Hall–Kier alpha value is -3.54. The first-order valence-electron chi connectivity index (χ1n) is 8.68. The minimum atomic E-state index is -0.305. The first-order chi connectivity index (χ1) is 13.1. The number of carbonyl (C=O) groups excluding carboxylic acids is 2.